The molecule has 3 aromatic heterocycles. The first-order valence-corrected chi connectivity index (χ1v) is 20.7. The quantitative estimate of drug-likeness (QED) is 0.169. The van der Waals surface area contributed by atoms with E-state index in [-0.39, 0.29) is 0 Å². The number of hydrogen-bond acceptors (Lipinski definition) is 2. The van der Waals surface area contributed by atoms with Gasteiger partial charge in [0.05, 0.1) is 33.5 Å². The van der Waals surface area contributed by atoms with Crippen LogP contribution in [-0.4, -0.2) is 19.1 Å². The fourth-order valence-corrected chi connectivity index (χ4v) is 9.30. The second-order valence-corrected chi connectivity index (χ2v) is 16.0. The highest BCUT2D eigenvalue weighted by Gasteiger charge is 2.19. The van der Waals surface area contributed by atoms with Crippen LogP contribution in [0.2, 0.25) is 0 Å². The van der Waals surface area contributed by atoms with Crippen molar-refractivity contribution in [2.45, 2.75) is 27.7 Å². The molecule has 0 aliphatic rings. The summed E-state index contributed by atoms with van der Waals surface area (Å²) in [6, 6.07) is 65.7. The monoisotopic (exact) mass is 770 g/mol. The average Bonchev–Trinajstić information content (AvgIpc) is 3.80. The van der Waals surface area contributed by atoms with Crippen molar-refractivity contribution >= 4 is 43.6 Å². The molecule has 0 aliphatic heterocycles. The maximum atomic E-state index is 5.22. The summed E-state index contributed by atoms with van der Waals surface area (Å²) >= 11 is 0. The lowest BCUT2D eigenvalue weighted by molar-refractivity contribution is 1.16. The highest BCUT2D eigenvalue weighted by Crippen LogP contribution is 2.39. The van der Waals surface area contributed by atoms with Gasteiger partial charge in [0.15, 0.2) is 5.82 Å². The number of nitrogens with zero attached hydrogens (tertiary/aromatic N) is 4. The molecule has 0 spiro atoms. The second-order valence-electron chi connectivity index (χ2n) is 16.0. The molecule has 0 fully saturated rings. The Hall–Kier alpha value is -7.56. The van der Waals surface area contributed by atoms with Gasteiger partial charge in [-0.1, -0.05) is 121 Å². The molecule has 60 heavy (non-hydrogen) atoms. The third-order valence-corrected chi connectivity index (χ3v) is 12.3. The van der Waals surface area contributed by atoms with Crippen LogP contribution in [-0.2, 0) is 0 Å². The zero-order chi connectivity index (χ0) is 40.5. The smallest absolute Gasteiger partial charge is 0.160 e. The highest BCUT2D eigenvalue weighted by molar-refractivity contribution is 6.12. The van der Waals surface area contributed by atoms with Gasteiger partial charge in [-0.3, -0.25) is 0 Å². The van der Waals surface area contributed by atoms with Gasteiger partial charge in [0.25, 0.3) is 0 Å². The summed E-state index contributed by atoms with van der Waals surface area (Å²) in [5.74, 6) is 0.744. The third-order valence-electron chi connectivity index (χ3n) is 12.3. The van der Waals surface area contributed by atoms with E-state index in [0.717, 1.165) is 50.8 Å². The molecule has 4 nitrogen and oxygen atoms in total. The maximum Gasteiger partial charge on any atom is 0.160 e. The van der Waals surface area contributed by atoms with E-state index in [1.165, 1.54) is 71.4 Å². The molecule has 0 aliphatic carbocycles. The Labute approximate surface area is 349 Å². The summed E-state index contributed by atoms with van der Waals surface area (Å²) in [6.07, 6.45) is 0. The maximum absolute atomic E-state index is 5.22. The molecule has 286 valence electrons. The Morgan fingerprint density at radius 3 is 1.38 bits per heavy atom. The van der Waals surface area contributed by atoms with Gasteiger partial charge in [-0.05, 0) is 122 Å². The first-order valence-electron chi connectivity index (χ1n) is 20.7. The van der Waals surface area contributed by atoms with Gasteiger partial charge in [-0.25, -0.2) is 9.97 Å². The Morgan fingerprint density at radius 2 is 0.767 bits per heavy atom. The van der Waals surface area contributed by atoms with Gasteiger partial charge >= 0.3 is 0 Å². The Balaban J connectivity index is 0.986. The minimum Gasteiger partial charge on any atom is -0.309 e. The fourth-order valence-electron chi connectivity index (χ4n) is 9.30. The van der Waals surface area contributed by atoms with Crippen molar-refractivity contribution in [3.05, 3.63) is 204 Å². The van der Waals surface area contributed by atoms with Crippen molar-refractivity contribution in [2.75, 3.05) is 0 Å². The lowest BCUT2D eigenvalue weighted by Gasteiger charge is -2.16. The molecular weight excluding hydrogens is 729 g/mol. The van der Waals surface area contributed by atoms with Crippen LogP contribution < -0.4 is 0 Å². The van der Waals surface area contributed by atoms with E-state index in [4.69, 9.17) is 9.97 Å². The highest BCUT2D eigenvalue weighted by atomic mass is 15.0. The van der Waals surface area contributed by atoms with E-state index in [9.17, 15) is 0 Å². The Morgan fingerprint density at radius 1 is 0.317 bits per heavy atom. The van der Waals surface area contributed by atoms with Crippen LogP contribution in [0.3, 0.4) is 0 Å². The third kappa shape index (κ3) is 5.75. The summed E-state index contributed by atoms with van der Waals surface area (Å²) in [5, 5.41) is 5.01. The summed E-state index contributed by atoms with van der Waals surface area (Å²) in [4.78, 5) is 10.3. The van der Waals surface area contributed by atoms with Crippen LogP contribution >= 0.6 is 0 Å². The van der Waals surface area contributed by atoms with Crippen molar-refractivity contribution in [3.8, 4) is 56.4 Å². The second kappa shape index (κ2) is 14.1. The van der Waals surface area contributed by atoms with E-state index < -0.39 is 0 Å². The standard InChI is InChI=1S/C56H42N4/c1-35-15-5-7-17-42(35)50-34-51(58-56(57-50)43-18-8-6-16-36(43)2)48-32-37(3)47(31-38(48)4)39-25-27-40(28-26-39)59-54-24-14-11-21-46(54)49-33-41(29-30-55(49)59)60-52-22-12-9-19-44(52)45-20-10-13-23-53(45)60/h5-34H,1-4H3. The molecule has 8 aromatic carbocycles. The van der Waals surface area contributed by atoms with Crippen LogP contribution in [0.5, 0.6) is 0 Å². The number of aryl methyl sites for hydroxylation is 4. The number of hydrogen-bond donors (Lipinski definition) is 0. The normalized spacial score (nSPS) is 11.7. The predicted octanol–water partition coefficient (Wildman–Crippen LogP) is 14.6. The first kappa shape index (κ1) is 35.6. The van der Waals surface area contributed by atoms with E-state index in [2.05, 4.69) is 219 Å². The lowest BCUT2D eigenvalue weighted by Crippen LogP contribution is -1.99. The van der Waals surface area contributed by atoms with Crippen LogP contribution in [0.1, 0.15) is 22.3 Å². The fraction of sp³-hybridized carbons (Fsp3) is 0.0714. The number of para-hydroxylation sites is 3. The average molecular weight is 771 g/mol. The summed E-state index contributed by atoms with van der Waals surface area (Å²) in [7, 11) is 0. The SMILES string of the molecule is Cc1cc(-c2cc(-c3ccccc3C)nc(-c3ccccc3C)n2)c(C)cc1-c1ccc(-n2c3ccccc3c3cc(-n4c5ccccc5c5ccccc54)ccc32)cc1. The van der Waals surface area contributed by atoms with Crippen molar-refractivity contribution in [3.63, 3.8) is 0 Å². The van der Waals surface area contributed by atoms with Gasteiger partial charge < -0.3 is 9.13 Å². The largest absolute Gasteiger partial charge is 0.309 e. The van der Waals surface area contributed by atoms with Crippen molar-refractivity contribution in [1.29, 1.82) is 0 Å². The summed E-state index contributed by atoms with van der Waals surface area (Å²) in [6.45, 7) is 8.67. The molecule has 11 rings (SSSR count). The van der Waals surface area contributed by atoms with Gasteiger partial charge in [0, 0.05) is 49.6 Å². The first-order chi connectivity index (χ1) is 29.4. The molecule has 3 heterocycles. The molecule has 0 unspecified atom stereocenters. The van der Waals surface area contributed by atoms with Gasteiger partial charge in [-0.15, -0.1) is 0 Å². The molecule has 0 atom stereocenters. The van der Waals surface area contributed by atoms with Gasteiger partial charge in [0.1, 0.15) is 0 Å². The number of aromatic nitrogens is 4. The number of rotatable bonds is 6. The van der Waals surface area contributed by atoms with Crippen molar-refractivity contribution in [2.24, 2.45) is 0 Å². The van der Waals surface area contributed by atoms with Crippen LogP contribution in [0.15, 0.2) is 182 Å². The predicted molar refractivity (Wildman–Crippen MR) is 251 cm³/mol. The van der Waals surface area contributed by atoms with E-state index in [1.807, 2.05) is 0 Å². The molecule has 0 bridgehead atoms. The Bertz CT molecular complexity index is 3360. The van der Waals surface area contributed by atoms with Crippen LogP contribution in [0, 0.1) is 27.7 Å². The summed E-state index contributed by atoms with van der Waals surface area (Å²) < 4.78 is 4.80. The van der Waals surface area contributed by atoms with Crippen LogP contribution in [0.25, 0.3) is 100 Å². The van der Waals surface area contributed by atoms with E-state index in [0.29, 0.717) is 0 Å². The summed E-state index contributed by atoms with van der Waals surface area (Å²) in [5.41, 5.74) is 19.4. The van der Waals surface area contributed by atoms with E-state index in [1.54, 1.807) is 0 Å². The number of benzene rings is 8. The van der Waals surface area contributed by atoms with Gasteiger partial charge in [-0.2, -0.15) is 0 Å². The minimum absolute atomic E-state index is 0.744. The molecule has 0 radical (unpaired) electrons. The van der Waals surface area contributed by atoms with Crippen molar-refractivity contribution < 1.29 is 0 Å². The van der Waals surface area contributed by atoms with Gasteiger partial charge in [0.2, 0.25) is 0 Å². The molecule has 4 heteroatoms. The van der Waals surface area contributed by atoms with E-state index >= 15 is 0 Å². The zero-order valence-electron chi connectivity index (χ0n) is 34.1. The van der Waals surface area contributed by atoms with Crippen molar-refractivity contribution in [1.82, 2.24) is 19.1 Å². The molecule has 0 amide bonds. The molecule has 11 aromatic rings. The molecule has 0 saturated heterocycles. The lowest BCUT2D eigenvalue weighted by atomic mass is 9.93. The minimum atomic E-state index is 0.744. The Kier molecular flexibility index (Phi) is 8.35. The van der Waals surface area contributed by atoms with Crippen LogP contribution in [0.4, 0.5) is 0 Å². The topological polar surface area (TPSA) is 35.6 Å². The molecule has 0 saturated carbocycles. The molecular formula is C56H42N4. The molecule has 0 N–H and O–H groups in total. The number of fused-ring (bicyclic) bond motifs is 6. The zero-order valence-corrected chi connectivity index (χ0v) is 34.1.